The minimum absolute atomic E-state index is 0.0107. The van der Waals surface area contributed by atoms with E-state index in [1.807, 2.05) is 0 Å². The highest BCUT2D eigenvalue weighted by Crippen LogP contribution is 2.24. The number of aliphatic carboxylic acids is 1. The highest BCUT2D eigenvalue weighted by atomic mass is 31.2. The molecule has 0 fully saturated rings. The van der Waals surface area contributed by atoms with E-state index < -0.39 is 14.6 Å². The van der Waals surface area contributed by atoms with Crippen molar-refractivity contribution in [3.8, 4) is 0 Å². The third-order valence-electron chi connectivity index (χ3n) is 0.742. The minimum atomic E-state index is -2.32. The summed E-state index contributed by atoms with van der Waals surface area (Å²) in [5.41, 5.74) is 0. The van der Waals surface area contributed by atoms with Crippen LogP contribution in [0.25, 0.3) is 0 Å². The van der Waals surface area contributed by atoms with Gasteiger partial charge in [-0.15, -0.1) is 0 Å². The van der Waals surface area contributed by atoms with Gasteiger partial charge in [0, 0.05) is 6.42 Å². The summed E-state index contributed by atoms with van der Waals surface area (Å²) in [6.45, 7) is 0.0744. The lowest BCUT2D eigenvalue weighted by Gasteiger charge is -2.00. The highest BCUT2D eigenvalue weighted by Gasteiger charge is 2.00. The van der Waals surface area contributed by atoms with E-state index in [9.17, 15) is 4.79 Å². The Morgan fingerprint density at radius 3 is 2.50 bits per heavy atom. The lowest BCUT2D eigenvalue weighted by Crippen LogP contribution is -1.97. The van der Waals surface area contributed by atoms with Crippen molar-refractivity contribution in [3.05, 3.63) is 0 Å². The van der Waals surface area contributed by atoms with Crippen LogP contribution < -0.4 is 0 Å². The molecule has 0 saturated heterocycles. The van der Waals surface area contributed by atoms with Crippen LogP contribution in [0, 0.1) is 0 Å². The average Bonchev–Trinajstić information content (AvgIpc) is 1.79. The van der Waals surface area contributed by atoms with Gasteiger partial charge < -0.3 is 19.4 Å². The lowest BCUT2D eigenvalue weighted by atomic mass is 10.3. The monoisotopic (exact) mass is 168 g/mol. The molecule has 0 aliphatic carbocycles. The smallest absolute Gasteiger partial charge is 0.327 e. The molecule has 5 nitrogen and oxygen atoms in total. The molecule has 0 unspecified atom stereocenters. The number of carbonyl (C=O) groups is 1. The van der Waals surface area contributed by atoms with Crippen molar-refractivity contribution >= 4 is 14.6 Å². The van der Waals surface area contributed by atoms with Gasteiger partial charge in [-0.2, -0.15) is 0 Å². The molecule has 0 radical (unpaired) electrons. The fourth-order valence-corrected chi connectivity index (χ4v) is 0.662. The van der Waals surface area contributed by atoms with Crippen LogP contribution in [0.1, 0.15) is 12.8 Å². The molecule has 10 heavy (non-hydrogen) atoms. The molecule has 6 heteroatoms. The van der Waals surface area contributed by atoms with Gasteiger partial charge in [0.2, 0.25) is 0 Å². The number of rotatable bonds is 5. The van der Waals surface area contributed by atoms with E-state index >= 15 is 0 Å². The van der Waals surface area contributed by atoms with Gasteiger partial charge in [-0.05, 0) is 6.42 Å². The summed E-state index contributed by atoms with van der Waals surface area (Å²) in [6.07, 6.45) is 0.290. The van der Waals surface area contributed by atoms with E-state index in [2.05, 4.69) is 4.52 Å². The topological polar surface area (TPSA) is 87.0 Å². The van der Waals surface area contributed by atoms with Gasteiger partial charge in [-0.25, -0.2) is 0 Å². The van der Waals surface area contributed by atoms with Crippen LogP contribution >= 0.6 is 8.60 Å². The van der Waals surface area contributed by atoms with E-state index in [0.717, 1.165) is 0 Å². The Labute approximate surface area is 59.3 Å². The Morgan fingerprint density at radius 2 is 2.10 bits per heavy atom. The minimum Gasteiger partial charge on any atom is -0.481 e. The number of carboxylic acid groups (broad SMARTS) is 1. The molecule has 0 aromatic rings. The fraction of sp³-hybridized carbons (Fsp3) is 0.750. The molecule has 0 aliphatic rings. The van der Waals surface area contributed by atoms with Gasteiger partial charge >= 0.3 is 14.6 Å². The molecule has 0 rings (SSSR count). The molecule has 3 N–H and O–H groups in total. The van der Waals surface area contributed by atoms with Crippen LogP contribution in [-0.2, 0) is 9.32 Å². The predicted octanol–water partition coefficient (Wildman–Crippen LogP) is 0.0793. The molecule has 0 aliphatic heterocycles. The maximum atomic E-state index is 9.87. The Hall–Kier alpha value is -0.220. The van der Waals surface area contributed by atoms with Crippen LogP contribution in [0.4, 0.5) is 0 Å². The SMILES string of the molecule is O=C(O)CCCOP(O)O. The summed E-state index contributed by atoms with van der Waals surface area (Å²) in [7, 11) is -2.32. The Kier molecular flexibility index (Phi) is 5.43. The molecule has 0 atom stereocenters. The standard InChI is InChI=1S/C4H9O5P/c5-4(6)2-1-3-9-10(7)8/h7-8H,1-3H2,(H,5,6). The molecule has 0 heterocycles. The van der Waals surface area contributed by atoms with E-state index in [0.29, 0.717) is 6.42 Å². The first-order valence-electron chi connectivity index (χ1n) is 2.65. The summed E-state index contributed by atoms with van der Waals surface area (Å²) in [5.74, 6) is -0.913. The second kappa shape index (κ2) is 5.56. The molecule has 0 aromatic heterocycles. The molecule has 0 amide bonds. The Balaban J connectivity index is 2.98. The van der Waals surface area contributed by atoms with Crippen LogP contribution in [0.2, 0.25) is 0 Å². The first-order chi connectivity index (χ1) is 4.63. The predicted molar refractivity (Wildman–Crippen MR) is 34.2 cm³/mol. The van der Waals surface area contributed by atoms with Crippen molar-refractivity contribution in [2.45, 2.75) is 12.8 Å². The van der Waals surface area contributed by atoms with Gasteiger partial charge in [0.25, 0.3) is 0 Å². The molecular formula is C4H9O5P. The van der Waals surface area contributed by atoms with E-state index in [1.165, 1.54) is 0 Å². The van der Waals surface area contributed by atoms with Gasteiger partial charge in [0.1, 0.15) is 0 Å². The third-order valence-corrected chi connectivity index (χ3v) is 1.16. The maximum Gasteiger partial charge on any atom is 0.327 e. The maximum absolute atomic E-state index is 9.87. The zero-order valence-electron chi connectivity index (χ0n) is 5.23. The normalized spacial score (nSPS) is 10.3. The first kappa shape index (κ1) is 9.78. The van der Waals surface area contributed by atoms with Crippen molar-refractivity contribution in [1.29, 1.82) is 0 Å². The summed E-state index contributed by atoms with van der Waals surface area (Å²) < 4.78 is 4.30. The summed E-state index contributed by atoms with van der Waals surface area (Å²) in [4.78, 5) is 26.2. The third kappa shape index (κ3) is 7.78. The fourth-order valence-electron chi connectivity index (χ4n) is 0.370. The van der Waals surface area contributed by atoms with Crippen molar-refractivity contribution in [3.63, 3.8) is 0 Å². The van der Waals surface area contributed by atoms with E-state index in [1.54, 1.807) is 0 Å². The van der Waals surface area contributed by atoms with Crippen molar-refractivity contribution in [2.75, 3.05) is 6.61 Å². The molecule has 60 valence electrons. The number of hydrogen-bond acceptors (Lipinski definition) is 4. The Morgan fingerprint density at radius 1 is 1.50 bits per heavy atom. The quantitative estimate of drug-likeness (QED) is 0.399. The van der Waals surface area contributed by atoms with Gasteiger partial charge in [0.05, 0.1) is 6.61 Å². The molecular weight excluding hydrogens is 159 g/mol. The summed E-state index contributed by atoms with van der Waals surface area (Å²) >= 11 is 0. The van der Waals surface area contributed by atoms with Crippen molar-refractivity contribution in [2.24, 2.45) is 0 Å². The highest BCUT2D eigenvalue weighted by molar-refractivity contribution is 7.39. The van der Waals surface area contributed by atoms with E-state index in [4.69, 9.17) is 14.9 Å². The zero-order valence-corrected chi connectivity index (χ0v) is 6.12. The average molecular weight is 168 g/mol. The second-order valence-electron chi connectivity index (χ2n) is 1.58. The summed E-state index contributed by atoms with van der Waals surface area (Å²) in [6, 6.07) is 0. The lowest BCUT2D eigenvalue weighted by molar-refractivity contribution is -0.137. The first-order valence-corrected chi connectivity index (χ1v) is 3.82. The molecule has 0 spiro atoms. The zero-order chi connectivity index (χ0) is 7.98. The summed E-state index contributed by atoms with van der Waals surface area (Å²) in [5, 5.41) is 8.10. The second-order valence-corrected chi connectivity index (χ2v) is 2.35. The van der Waals surface area contributed by atoms with Gasteiger partial charge in [-0.1, -0.05) is 0 Å². The molecule has 0 bridgehead atoms. The number of carboxylic acids is 1. The van der Waals surface area contributed by atoms with Crippen LogP contribution in [0.3, 0.4) is 0 Å². The van der Waals surface area contributed by atoms with Crippen LogP contribution in [0.15, 0.2) is 0 Å². The van der Waals surface area contributed by atoms with Crippen LogP contribution in [0.5, 0.6) is 0 Å². The van der Waals surface area contributed by atoms with Crippen LogP contribution in [-0.4, -0.2) is 27.5 Å². The number of hydrogen-bond donors (Lipinski definition) is 3. The largest absolute Gasteiger partial charge is 0.481 e. The molecule has 0 aromatic carbocycles. The molecule has 0 saturated carbocycles. The Bertz CT molecular complexity index is 104. The van der Waals surface area contributed by atoms with Crippen molar-refractivity contribution in [1.82, 2.24) is 0 Å². The van der Waals surface area contributed by atoms with Gasteiger partial charge in [0.15, 0.2) is 0 Å². The van der Waals surface area contributed by atoms with E-state index in [-0.39, 0.29) is 13.0 Å². The van der Waals surface area contributed by atoms with Crippen molar-refractivity contribution < 1.29 is 24.2 Å². The van der Waals surface area contributed by atoms with Gasteiger partial charge in [-0.3, -0.25) is 4.79 Å².